The van der Waals surface area contributed by atoms with Crippen LogP contribution in [0.5, 0.6) is 5.75 Å². The number of ether oxygens (including phenoxy) is 1. The summed E-state index contributed by atoms with van der Waals surface area (Å²) in [6.07, 6.45) is 0. The third-order valence-corrected chi connectivity index (χ3v) is 3.48. The number of nitrogen functional groups attached to an aromatic ring is 1. The van der Waals surface area contributed by atoms with E-state index in [2.05, 4.69) is 15.9 Å². The summed E-state index contributed by atoms with van der Waals surface area (Å²) in [5.74, 6) is -0.456. The van der Waals surface area contributed by atoms with Crippen LogP contribution in [0.2, 0.25) is 5.02 Å². The molecule has 0 fully saturated rings. The predicted octanol–water partition coefficient (Wildman–Crippen LogP) is 4.40. The molecule has 5 heteroatoms. The number of rotatable bonds is 3. The molecule has 0 bridgehead atoms. The molecule has 0 spiro atoms. The van der Waals surface area contributed by atoms with Gasteiger partial charge in [0.05, 0.1) is 5.02 Å². The first-order valence-corrected chi connectivity index (χ1v) is 6.36. The maximum atomic E-state index is 13.6. The average molecular weight is 331 g/mol. The highest BCUT2D eigenvalue weighted by Crippen LogP contribution is 2.27. The summed E-state index contributed by atoms with van der Waals surface area (Å²) >= 11 is 9.04. The highest BCUT2D eigenvalue weighted by molar-refractivity contribution is 9.10. The molecule has 0 aliphatic carbocycles. The molecule has 0 aliphatic heterocycles. The zero-order chi connectivity index (χ0) is 13.1. The highest BCUT2D eigenvalue weighted by atomic mass is 79.9. The van der Waals surface area contributed by atoms with Crippen molar-refractivity contribution in [1.29, 1.82) is 0 Å². The van der Waals surface area contributed by atoms with Gasteiger partial charge in [-0.1, -0.05) is 39.7 Å². The Kier molecular flexibility index (Phi) is 4.09. The van der Waals surface area contributed by atoms with E-state index >= 15 is 0 Å². The van der Waals surface area contributed by atoms with Crippen molar-refractivity contribution in [3.63, 3.8) is 0 Å². The Balaban J connectivity index is 2.19. The molecule has 0 heterocycles. The van der Waals surface area contributed by atoms with Crippen molar-refractivity contribution < 1.29 is 9.13 Å². The molecule has 18 heavy (non-hydrogen) atoms. The Morgan fingerprint density at radius 1 is 1.22 bits per heavy atom. The Hall–Kier alpha value is -1.26. The van der Waals surface area contributed by atoms with Gasteiger partial charge in [0.1, 0.15) is 6.61 Å². The molecule has 2 N–H and O–H groups in total. The molecule has 2 aromatic rings. The fourth-order valence-electron chi connectivity index (χ4n) is 1.47. The number of nitrogens with two attached hydrogens (primary N) is 1. The van der Waals surface area contributed by atoms with Crippen LogP contribution in [0.1, 0.15) is 5.56 Å². The van der Waals surface area contributed by atoms with Crippen LogP contribution in [0.3, 0.4) is 0 Å². The molecule has 2 nitrogen and oxygen atoms in total. The van der Waals surface area contributed by atoms with Crippen LogP contribution in [0.4, 0.5) is 10.1 Å². The average Bonchev–Trinajstić information content (AvgIpc) is 2.33. The molecular weight excluding hydrogens is 321 g/mol. The zero-order valence-corrected chi connectivity index (χ0v) is 11.6. The van der Waals surface area contributed by atoms with Gasteiger partial charge in [0.25, 0.3) is 0 Å². The first-order valence-electron chi connectivity index (χ1n) is 5.19. The van der Waals surface area contributed by atoms with E-state index in [1.165, 1.54) is 12.1 Å². The monoisotopic (exact) mass is 329 g/mol. The standard InChI is InChI=1S/C13H10BrClFNO/c14-9-3-1-5-11(17)8(9)7-18-12-6-2-4-10(15)13(12)16/h1-6H,7,17H2. The van der Waals surface area contributed by atoms with E-state index in [9.17, 15) is 4.39 Å². The topological polar surface area (TPSA) is 35.2 Å². The maximum absolute atomic E-state index is 13.6. The minimum absolute atomic E-state index is 0.0348. The van der Waals surface area contributed by atoms with Crippen LogP contribution >= 0.6 is 27.5 Å². The Morgan fingerprint density at radius 2 is 1.94 bits per heavy atom. The summed E-state index contributed by atoms with van der Waals surface area (Å²) in [5, 5.41) is 0.0348. The molecule has 2 aromatic carbocycles. The number of hydrogen-bond donors (Lipinski definition) is 1. The first-order chi connectivity index (χ1) is 8.59. The first kappa shape index (κ1) is 13.2. The van der Waals surface area contributed by atoms with Gasteiger partial charge in [-0.15, -0.1) is 0 Å². The third kappa shape index (κ3) is 2.76. The van der Waals surface area contributed by atoms with Crippen LogP contribution in [0.15, 0.2) is 40.9 Å². The molecule has 0 unspecified atom stereocenters. The number of halogens is 3. The summed E-state index contributed by atoms with van der Waals surface area (Å²) in [4.78, 5) is 0. The van der Waals surface area contributed by atoms with Gasteiger partial charge in [-0.25, -0.2) is 4.39 Å². The SMILES string of the molecule is Nc1cccc(Br)c1COc1cccc(Cl)c1F. The Morgan fingerprint density at radius 3 is 2.67 bits per heavy atom. The van der Waals surface area contributed by atoms with E-state index in [-0.39, 0.29) is 17.4 Å². The van der Waals surface area contributed by atoms with E-state index in [1.54, 1.807) is 12.1 Å². The Bertz CT molecular complexity index is 557. The molecule has 0 amide bonds. The van der Waals surface area contributed by atoms with Crippen molar-refractivity contribution in [1.82, 2.24) is 0 Å². The smallest absolute Gasteiger partial charge is 0.183 e. The normalized spacial score (nSPS) is 10.4. The molecule has 94 valence electrons. The van der Waals surface area contributed by atoms with Gasteiger partial charge in [-0.2, -0.15) is 0 Å². The van der Waals surface area contributed by atoms with Crippen molar-refractivity contribution in [2.24, 2.45) is 0 Å². The molecule has 2 rings (SSSR count). The molecule has 0 aromatic heterocycles. The molecular formula is C13H10BrClFNO. The predicted molar refractivity (Wildman–Crippen MR) is 74.3 cm³/mol. The molecule has 0 saturated carbocycles. The van der Waals surface area contributed by atoms with E-state index in [0.717, 1.165) is 10.0 Å². The van der Waals surface area contributed by atoms with E-state index in [4.69, 9.17) is 22.1 Å². The minimum atomic E-state index is -0.565. The van der Waals surface area contributed by atoms with Crippen LogP contribution in [0.25, 0.3) is 0 Å². The zero-order valence-electron chi connectivity index (χ0n) is 9.29. The highest BCUT2D eigenvalue weighted by Gasteiger charge is 2.09. The molecule has 0 aliphatic rings. The van der Waals surface area contributed by atoms with Gasteiger partial charge >= 0.3 is 0 Å². The van der Waals surface area contributed by atoms with Gasteiger partial charge in [0, 0.05) is 15.7 Å². The van der Waals surface area contributed by atoms with Gasteiger partial charge in [0.15, 0.2) is 11.6 Å². The van der Waals surface area contributed by atoms with Crippen molar-refractivity contribution in [2.75, 3.05) is 5.73 Å². The minimum Gasteiger partial charge on any atom is -0.486 e. The lowest BCUT2D eigenvalue weighted by atomic mass is 10.2. The second kappa shape index (κ2) is 5.59. The van der Waals surface area contributed by atoms with Gasteiger partial charge in [0.2, 0.25) is 0 Å². The second-order valence-electron chi connectivity index (χ2n) is 3.65. The summed E-state index contributed by atoms with van der Waals surface area (Å²) in [7, 11) is 0. The van der Waals surface area contributed by atoms with Crippen LogP contribution in [-0.2, 0) is 6.61 Å². The maximum Gasteiger partial charge on any atom is 0.183 e. The number of benzene rings is 2. The molecule has 0 radical (unpaired) electrons. The van der Waals surface area contributed by atoms with Gasteiger partial charge in [-0.3, -0.25) is 0 Å². The fraction of sp³-hybridized carbons (Fsp3) is 0.0769. The van der Waals surface area contributed by atoms with E-state index in [1.807, 2.05) is 12.1 Å². The van der Waals surface area contributed by atoms with Crippen LogP contribution < -0.4 is 10.5 Å². The second-order valence-corrected chi connectivity index (χ2v) is 4.91. The molecule has 0 atom stereocenters. The lowest BCUT2D eigenvalue weighted by molar-refractivity contribution is 0.290. The van der Waals surface area contributed by atoms with Crippen molar-refractivity contribution in [3.05, 3.63) is 57.3 Å². The van der Waals surface area contributed by atoms with E-state index < -0.39 is 5.82 Å². The van der Waals surface area contributed by atoms with Crippen molar-refractivity contribution >= 4 is 33.2 Å². The summed E-state index contributed by atoms with van der Waals surface area (Å²) in [6.45, 7) is 0.171. The lowest BCUT2D eigenvalue weighted by Crippen LogP contribution is -2.02. The summed E-state index contributed by atoms with van der Waals surface area (Å²) in [5.41, 5.74) is 7.19. The van der Waals surface area contributed by atoms with Crippen LogP contribution in [0, 0.1) is 5.82 Å². The van der Waals surface area contributed by atoms with Crippen LogP contribution in [-0.4, -0.2) is 0 Å². The van der Waals surface area contributed by atoms with Crippen molar-refractivity contribution in [2.45, 2.75) is 6.61 Å². The third-order valence-electron chi connectivity index (χ3n) is 2.44. The fourth-order valence-corrected chi connectivity index (χ4v) is 2.13. The van der Waals surface area contributed by atoms with E-state index in [0.29, 0.717) is 5.69 Å². The van der Waals surface area contributed by atoms with Gasteiger partial charge in [-0.05, 0) is 24.3 Å². The quantitative estimate of drug-likeness (QED) is 0.846. The lowest BCUT2D eigenvalue weighted by Gasteiger charge is -2.11. The summed E-state index contributed by atoms with van der Waals surface area (Å²) < 4.78 is 19.8. The summed E-state index contributed by atoms with van der Waals surface area (Å²) in [6, 6.07) is 10.1. The van der Waals surface area contributed by atoms with Gasteiger partial charge < -0.3 is 10.5 Å². The van der Waals surface area contributed by atoms with Crippen molar-refractivity contribution in [3.8, 4) is 5.75 Å². The number of hydrogen-bond acceptors (Lipinski definition) is 2. The molecule has 0 saturated heterocycles. The number of anilines is 1. The largest absolute Gasteiger partial charge is 0.486 e. The Labute approximate surface area is 118 Å².